The Labute approximate surface area is 442 Å². The zero-order valence-electron chi connectivity index (χ0n) is 45.2. The molecule has 7 amide bonds. The molecule has 1 aromatic carbocycles. The van der Waals surface area contributed by atoms with Gasteiger partial charge in [0.05, 0.1) is 75.3 Å². The molecule has 1 fully saturated rings. The van der Waals surface area contributed by atoms with Crippen LogP contribution >= 0.6 is 0 Å². The topological polar surface area (TPSA) is 351 Å². The van der Waals surface area contributed by atoms with Crippen LogP contribution in [0.1, 0.15) is 86.5 Å². The third-order valence-corrected chi connectivity index (χ3v) is 12.0. The van der Waals surface area contributed by atoms with Gasteiger partial charge >= 0.3 is 5.69 Å². The molecule has 3 atom stereocenters. The summed E-state index contributed by atoms with van der Waals surface area (Å²) in [6.45, 7) is 11.2. The normalized spacial score (nSPS) is 14.1. The summed E-state index contributed by atoms with van der Waals surface area (Å²) in [5.41, 5.74) is -0.667. The second-order valence-electron chi connectivity index (χ2n) is 20.2. The third-order valence-electron chi connectivity index (χ3n) is 12.0. The van der Waals surface area contributed by atoms with E-state index in [4.69, 9.17) is 23.6 Å². The van der Waals surface area contributed by atoms with Crippen LogP contribution in [0.2, 0.25) is 0 Å². The number of anilines is 1. The highest BCUT2D eigenvalue weighted by molar-refractivity contribution is 5.94. The van der Waals surface area contributed by atoms with Crippen molar-refractivity contribution in [1.29, 1.82) is 0 Å². The number of benzene rings is 1. The Hall–Kier alpha value is -6.17. The number of nitrogens with one attached hydrogen (secondary N) is 3. The molecule has 28 heteroatoms. The van der Waals surface area contributed by atoms with Crippen molar-refractivity contribution in [3.8, 4) is 0 Å². The van der Waals surface area contributed by atoms with Crippen LogP contribution in [-0.2, 0) is 52.5 Å². The average molecular weight is 1080 g/mol. The Morgan fingerprint density at radius 2 is 0.974 bits per heavy atom. The zero-order valence-corrected chi connectivity index (χ0v) is 45.2. The number of carbonyl (C=O) groups is 7. The van der Waals surface area contributed by atoms with Crippen LogP contribution in [0.5, 0.6) is 0 Å². The molecule has 428 valence electrons. The molecule has 0 saturated carbocycles. The van der Waals surface area contributed by atoms with Crippen LogP contribution in [0.3, 0.4) is 0 Å². The van der Waals surface area contributed by atoms with E-state index in [1.165, 1.54) is 6.07 Å². The van der Waals surface area contributed by atoms with Crippen molar-refractivity contribution in [3.05, 3.63) is 22.2 Å². The zero-order chi connectivity index (χ0) is 56.7. The van der Waals surface area contributed by atoms with E-state index in [-0.39, 0.29) is 138 Å². The first-order chi connectivity index (χ1) is 35.8. The average Bonchev–Trinajstić information content (AvgIpc) is 3.85. The smallest absolute Gasteiger partial charge is 0.300 e. The van der Waals surface area contributed by atoms with Crippen LogP contribution in [0, 0.1) is 33.3 Å². The Morgan fingerprint density at radius 1 is 0.618 bits per heavy atom. The van der Waals surface area contributed by atoms with Gasteiger partial charge in [0.25, 0.3) is 17.7 Å². The van der Waals surface area contributed by atoms with Crippen molar-refractivity contribution < 1.29 is 77.7 Å². The van der Waals surface area contributed by atoms with Gasteiger partial charge in [0.2, 0.25) is 29.1 Å². The number of nitrogens with zero attached hydrogens (tertiary/aromatic N) is 8. The summed E-state index contributed by atoms with van der Waals surface area (Å²) in [5, 5.41) is 57.6. The number of hydrogen-bond acceptors (Lipinski definition) is 20. The lowest BCUT2D eigenvalue weighted by atomic mass is 9.92. The van der Waals surface area contributed by atoms with Crippen molar-refractivity contribution >= 4 is 63.8 Å². The number of carbonyl (C=O) groups excluding carboxylic acids is 7. The van der Waals surface area contributed by atoms with Gasteiger partial charge in [-0.15, -0.1) is 0 Å². The monoisotopic (exact) mass is 1080 g/mol. The molecule has 6 N–H and O–H groups in total. The van der Waals surface area contributed by atoms with E-state index in [1.54, 1.807) is 11.0 Å². The van der Waals surface area contributed by atoms with Gasteiger partial charge in [-0.05, 0) is 53.4 Å². The van der Waals surface area contributed by atoms with Crippen LogP contribution in [0.25, 0.3) is 11.0 Å². The van der Waals surface area contributed by atoms with Crippen LogP contribution in [0.4, 0.5) is 11.4 Å². The van der Waals surface area contributed by atoms with Gasteiger partial charge in [0.1, 0.15) is 18.1 Å². The van der Waals surface area contributed by atoms with E-state index in [1.807, 2.05) is 46.4 Å². The maximum atomic E-state index is 13.5. The van der Waals surface area contributed by atoms with Gasteiger partial charge in [-0.1, -0.05) is 41.5 Å². The summed E-state index contributed by atoms with van der Waals surface area (Å²) in [6.07, 6.45) is 0.101. The summed E-state index contributed by atoms with van der Waals surface area (Å²) in [5.74, 6) is -3.92. The minimum Gasteiger partial charge on any atom is -0.380 e. The number of hydrogen-bond donors (Lipinski definition) is 6. The van der Waals surface area contributed by atoms with Gasteiger partial charge in [-0.25, -0.2) is 19.8 Å². The van der Waals surface area contributed by atoms with Gasteiger partial charge in [-0.2, -0.15) is 0 Å². The summed E-state index contributed by atoms with van der Waals surface area (Å²) in [4.78, 5) is 105. The lowest BCUT2D eigenvalue weighted by Crippen LogP contribution is -2.49. The van der Waals surface area contributed by atoms with E-state index >= 15 is 0 Å². The number of hydroxylamine groups is 6. The number of nitro groups is 1. The molecule has 0 radical (unpaired) electrons. The van der Waals surface area contributed by atoms with Crippen LogP contribution in [-0.4, -0.2) is 211 Å². The summed E-state index contributed by atoms with van der Waals surface area (Å²) in [7, 11) is 3.48. The first kappa shape index (κ1) is 64.1. The molecule has 0 aliphatic carbocycles. The fraction of sp³-hybridized carbons (Fsp3) is 0.729. The number of piperazine rings is 1. The molecule has 28 nitrogen and oxygen atoms in total. The molecule has 1 aliphatic heterocycles. The highest BCUT2D eigenvalue weighted by Gasteiger charge is 2.35. The van der Waals surface area contributed by atoms with Crippen LogP contribution < -0.4 is 20.9 Å². The Balaban J connectivity index is 1.79. The van der Waals surface area contributed by atoms with Gasteiger partial charge < -0.3 is 44.7 Å². The number of ether oxygens (including phenoxy) is 4. The predicted molar refractivity (Wildman–Crippen MR) is 269 cm³/mol. The fourth-order valence-corrected chi connectivity index (χ4v) is 8.21. The van der Waals surface area contributed by atoms with Crippen molar-refractivity contribution in [2.45, 2.75) is 105 Å². The van der Waals surface area contributed by atoms with Crippen molar-refractivity contribution in [1.82, 2.24) is 46.4 Å². The maximum absolute atomic E-state index is 13.5. The summed E-state index contributed by atoms with van der Waals surface area (Å²) >= 11 is 0. The minimum atomic E-state index is -1.23. The molecule has 1 aromatic heterocycles. The van der Waals surface area contributed by atoms with Gasteiger partial charge in [0, 0.05) is 72.7 Å². The number of non-ortho nitro benzene ring substituents is 1. The minimum absolute atomic E-state index is 0.000587. The van der Waals surface area contributed by atoms with Crippen molar-refractivity contribution in [2.24, 2.45) is 23.2 Å². The standard InChI is InChI=1S/C48H79N11O17/c1-31(2)24-34(45(64)54(7)67)49-39(60)12-20-72-27-48(28-73-21-13-40(61)50-35(25-32(3)4)46(65)55(8)68,29-74-22-14-41(62)51-36(26-33(5)6)47(66)56(9)69)30-75-23-15-42(63)58-18-16-57(17-19-58)37-10-11-38(59(70)71)44-43(37)52-76-53-44/h10-11,31-36,67-69H,12-30H2,1-9H3,(H,49,60)(H,50,61)(H,51,62)/t34-,35-,36-/m0/s1. The molecule has 3 rings (SSSR count). The molecule has 2 aromatic rings. The number of aromatic nitrogens is 2. The molecule has 1 saturated heterocycles. The summed E-state index contributed by atoms with van der Waals surface area (Å²) in [6, 6.07) is -0.103. The number of amides is 7. The first-order valence-corrected chi connectivity index (χ1v) is 25.3. The Kier molecular flexibility index (Phi) is 26.8. The highest BCUT2D eigenvalue weighted by atomic mass is 16.6. The SMILES string of the molecule is CC(C)C[C@H](NC(=O)CCOCC(COCCC(=O)N[C@@H](CC(C)C)C(=O)N(C)O)(COCCC(=O)N[C@@H](CC(C)C)C(=O)N(C)O)COCCC(=O)N1CCN(c2ccc([N+](=O)[O-])c3nonc23)CC1)C(=O)N(C)O. The number of likely N-dealkylation sites (N-methyl/N-ethyl adjacent to an activating group) is 3. The lowest BCUT2D eigenvalue weighted by molar-refractivity contribution is -0.383. The van der Waals surface area contributed by atoms with E-state index < -0.39 is 63.9 Å². The number of nitro benzene ring substituents is 1. The predicted octanol–water partition coefficient (Wildman–Crippen LogP) is 1.53. The molecule has 1 aliphatic rings. The number of rotatable bonds is 34. The molecule has 0 unspecified atom stereocenters. The van der Waals surface area contributed by atoms with E-state index in [0.29, 0.717) is 47.1 Å². The second-order valence-corrected chi connectivity index (χ2v) is 20.2. The molecule has 76 heavy (non-hydrogen) atoms. The van der Waals surface area contributed by atoms with Crippen molar-refractivity contribution in [2.75, 3.05) is 105 Å². The molecule has 0 bridgehead atoms. The molecule has 0 spiro atoms. The van der Waals surface area contributed by atoms with Gasteiger partial charge in [-0.3, -0.25) is 59.3 Å². The first-order valence-electron chi connectivity index (χ1n) is 25.3. The Bertz CT molecular complexity index is 2080. The summed E-state index contributed by atoms with van der Waals surface area (Å²) < 4.78 is 29.2. The third kappa shape index (κ3) is 21.5. The largest absolute Gasteiger partial charge is 0.380 e. The van der Waals surface area contributed by atoms with E-state index in [0.717, 1.165) is 21.1 Å². The van der Waals surface area contributed by atoms with Crippen molar-refractivity contribution in [3.63, 3.8) is 0 Å². The van der Waals surface area contributed by atoms with Gasteiger partial charge in [0.15, 0.2) is 5.52 Å². The quantitative estimate of drug-likeness (QED) is 0.0250. The van der Waals surface area contributed by atoms with E-state index in [9.17, 15) is 59.3 Å². The molecule has 2 heterocycles. The lowest BCUT2D eigenvalue weighted by Gasteiger charge is -2.36. The van der Waals surface area contributed by atoms with E-state index in [2.05, 4.69) is 26.3 Å². The molecular weight excluding hydrogens is 1000 g/mol. The maximum Gasteiger partial charge on any atom is 0.300 e. The Morgan fingerprint density at radius 3 is 1.32 bits per heavy atom. The van der Waals surface area contributed by atoms with Crippen LogP contribution in [0.15, 0.2) is 16.8 Å². The fourth-order valence-electron chi connectivity index (χ4n) is 8.21. The number of fused-ring (bicyclic) bond motifs is 1. The second kappa shape index (κ2) is 31.8. The molecular formula is C48H79N11O17. The highest BCUT2D eigenvalue weighted by Crippen LogP contribution is 2.32.